The molecule has 6 heteroatoms. The highest BCUT2D eigenvalue weighted by Gasteiger charge is 2.15. The van der Waals surface area contributed by atoms with Gasteiger partial charge in [0.1, 0.15) is 0 Å². The van der Waals surface area contributed by atoms with Crippen LogP contribution in [0.15, 0.2) is 24.3 Å². The van der Waals surface area contributed by atoms with Gasteiger partial charge in [-0.25, -0.2) is 0 Å². The summed E-state index contributed by atoms with van der Waals surface area (Å²) >= 11 is 0. The summed E-state index contributed by atoms with van der Waals surface area (Å²) in [5.74, 6) is -0.129. The van der Waals surface area contributed by atoms with Crippen molar-refractivity contribution in [3.63, 3.8) is 0 Å². The number of likely N-dealkylation sites (N-methyl/N-ethyl adjacent to an activating group) is 1. The highest BCUT2D eigenvalue weighted by molar-refractivity contribution is 5.78. The topological polar surface area (TPSA) is 84.3 Å². The standard InChI is InChI=1S/C12H17N3O3/c1-3-11(14-12(16)8-13-2)9-5-4-6-10(7-9)15(17)18/h4-7,11,13H,3,8H2,1-2H3,(H,14,16). The molecule has 1 aromatic carbocycles. The summed E-state index contributed by atoms with van der Waals surface area (Å²) in [6, 6.07) is 6.13. The zero-order chi connectivity index (χ0) is 13.5. The van der Waals surface area contributed by atoms with E-state index in [-0.39, 0.29) is 24.2 Å². The molecule has 1 rings (SSSR count). The Balaban J connectivity index is 2.84. The number of nitrogens with zero attached hydrogens (tertiary/aromatic N) is 1. The van der Waals surface area contributed by atoms with Gasteiger partial charge < -0.3 is 10.6 Å². The first-order valence-corrected chi connectivity index (χ1v) is 5.76. The second-order valence-corrected chi connectivity index (χ2v) is 3.91. The van der Waals surface area contributed by atoms with Crippen molar-refractivity contribution in [3.05, 3.63) is 39.9 Å². The maximum absolute atomic E-state index is 11.5. The van der Waals surface area contributed by atoms with Gasteiger partial charge in [0.05, 0.1) is 17.5 Å². The van der Waals surface area contributed by atoms with Crippen molar-refractivity contribution >= 4 is 11.6 Å². The summed E-state index contributed by atoms with van der Waals surface area (Å²) in [6.07, 6.45) is 0.677. The maximum atomic E-state index is 11.5. The molecule has 2 N–H and O–H groups in total. The fourth-order valence-corrected chi connectivity index (χ4v) is 1.68. The third-order valence-corrected chi connectivity index (χ3v) is 2.56. The molecule has 0 aliphatic carbocycles. The summed E-state index contributed by atoms with van der Waals surface area (Å²) in [6.45, 7) is 2.15. The minimum absolute atomic E-state index is 0.0359. The van der Waals surface area contributed by atoms with Crippen molar-refractivity contribution in [2.24, 2.45) is 0 Å². The molecule has 0 fully saturated rings. The summed E-state index contributed by atoms with van der Waals surface area (Å²) in [5.41, 5.74) is 0.782. The molecule has 0 heterocycles. The Kier molecular flexibility index (Phi) is 5.26. The van der Waals surface area contributed by atoms with E-state index in [1.807, 2.05) is 6.92 Å². The van der Waals surface area contributed by atoms with E-state index < -0.39 is 4.92 Å². The largest absolute Gasteiger partial charge is 0.348 e. The van der Waals surface area contributed by atoms with Crippen molar-refractivity contribution in [1.82, 2.24) is 10.6 Å². The Morgan fingerprint density at radius 2 is 2.22 bits per heavy atom. The summed E-state index contributed by atoms with van der Waals surface area (Å²) < 4.78 is 0. The molecule has 0 spiro atoms. The SMILES string of the molecule is CCC(NC(=O)CNC)c1cccc([N+](=O)[O-])c1. The highest BCUT2D eigenvalue weighted by Crippen LogP contribution is 2.21. The minimum atomic E-state index is -0.439. The average Bonchev–Trinajstić information content (AvgIpc) is 2.36. The van der Waals surface area contributed by atoms with E-state index >= 15 is 0 Å². The average molecular weight is 251 g/mol. The molecule has 1 atom stereocenters. The van der Waals surface area contributed by atoms with E-state index in [1.54, 1.807) is 19.2 Å². The maximum Gasteiger partial charge on any atom is 0.269 e. The predicted molar refractivity (Wildman–Crippen MR) is 68.2 cm³/mol. The quantitative estimate of drug-likeness (QED) is 0.591. The van der Waals surface area contributed by atoms with Gasteiger partial charge in [-0.05, 0) is 19.0 Å². The lowest BCUT2D eigenvalue weighted by atomic mass is 10.0. The molecule has 1 aromatic rings. The first-order chi connectivity index (χ1) is 8.58. The third kappa shape index (κ3) is 3.81. The van der Waals surface area contributed by atoms with Crippen LogP contribution < -0.4 is 10.6 Å². The number of benzene rings is 1. The second-order valence-electron chi connectivity index (χ2n) is 3.91. The van der Waals surface area contributed by atoms with Crippen LogP contribution in [-0.4, -0.2) is 24.4 Å². The van der Waals surface area contributed by atoms with Gasteiger partial charge >= 0.3 is 0 Å². The molecule has 0 saturated heterocycles. The van der Waals surface area contributed by atoms with Crippen LogP contribution in [0.2, 0.25) is 0 Å². The number of nitro groups is 1. The summed E-state index contributed by atoms with van der Waals surface area (Å²) in [4.78, 5) is 21.8. The fraction of sp³-hybridized carbons (Fsp3) is 0.417. The van der Waals surface area contributed by atoms with Gasteiger partial charge in [0, 0.05) is 12.1 Å². The van der Waals surface area contributed by atoms with Crippen molar-refractivity contribution in [2.75, 3.05) is 13.6 Å². The molecule has 0 saturated carbocycles. The van der Waals surface area contributed by atoms with Crippen LogP contribution in [0.4, 0.5) is 5.69 Å². The second kappa shape index (κ2) is 6.70. The number of rotatable bonds is 6. The van der Waals surface area contributed by atoms with Gasteiger partial charge in [-0.15, -0.1) is 0 Å². The van der Waals surface area contributed by atoms with Crippen LogP contribution in [-0.2, 0) is 4.79 Å². The lowest BCUT2D eigenvalue weighted by Gasteiger charge is -2.17. The molecule has 0 radical (unpaired) electrons. The molecule has 1 amide bonds. The molecule has 0 aromatic heterocycles. The van der Waals surface area contributed by atoms with Crippen LogP contribution in [0.1, 0.15) is 24.9 Å². The third-order valence-electron chi connectivity index (χ3n) is 2.56. The van der Waals surface area contributed by atoms with Crippen LogP contribution >= 0.6 is 0 Å². The normalized spacial score (nSPS) is 11.9. The molecule has 0 aliphatic heterocycles. The van der Waals surface area contributed by atoms with E-state index in [9.17, 15) is 14.9 Å². The molecular weight excluding hydrogens is 234 g/mol. The number of hydrogen-bond acceptors (Lipinski definition) is 4. The zero-order valence-electron chi connectivity index (χ0n) is 10.5. The summed E-state index contributed by atoms with van der Waals surface area (Å²) in [5, 5.41) is 16.3. The van der Waals surface area contributed by atoms with E-state index in [4.69, 9.17) is 0 Å². The number of nitro benzene ring substituents is 1. The van der Waals surface area contributed by atoms with Crippen LogP contribution in [0.25, 0.3) is 0 Å². The van der Waals surface area contributed by atoms with Gasteiger partial charge in [-0.1, -0.05) is 19.1 Å². The Morgan fingerprint density at radius 1 is 1.50 bits per heavy atom. The monoisotopic (exact) mass is 251 g/mol. The zero-order valence-corrected chi connectivity index (χ0v) is 10.5. The van der Waals surface area contributed by atoms with Gasteiger partial charge in [0.15, 0.2) is 0 Å². The molecule has 98 valence electrons. The predicted octanol–water partition coefficient (Wildman–Crippen LogP) is 1.38. The van der Waals surface area contributed by atoms with E-state index in [0.717, 1.165) is 5.56 Å². The number of amides is 1. The molecular formula is C12H17N3O3. The minimum Gasteiger partial charge on any atom is -0.348 e. The number of nitrogens with one attached hydrogen (secondary N) is 2. The van der Waals surface area contributed by atoms with Gasteiger partial charge in [0.25, 0.3) is 5.69 Å². The Hall–Kier alpha value is -1.95. The summed E-state index contributed by atoms with van der Waals surface area (Å²) in [7, 11) is 1.69. The highest BCUT2D eigenvalue weighted by atomic mass is 16.6. The van der Waals surface area contributed by atoms with Crippen molar-refractivity contribution in [3.8, 4) is 0 Å². The van der Waals surface area contributed by atoms with Crippen LogP contribution in [0, 0.1) is 10.1 Å². The molecule has 6 nitrogen and oxygen atoms in total. The number of carbonyl (C=O) groups excluding carboxylic acids is 1. The lowest BCUT2D eigenvalue weighted by molar-refractivity contribution is -0.384. The smallest absolute Gasteiger partial charge is 0.269 e. The van der Waals surface area contributed by atoms with Crippen LogP contribution in [0.3, 0.4) is 0 Å². The van der Waals surface area contributed by atoms with Crippen molar-refractivity contribution in [2.45, 2.75) is 19.4 Å². The molecule has 0 aliphatic rings. The Bertz CT molecular complexity index is 434. The first-order valence-electron chi connectivity index (χ1n) is 5.76. The molecule has 0 bridgehead atoms. The van der Waals surface area contributed by atoms with E-state index in [0.29, 0.717) is 6.42 Å². The number of hydrogen-bond donors (Lipinski definition) is 2. The molecule has 1 unspecified atom stereocenters. The Morgan fingerprint density at radius 3 is 2.78 bits per heavy atom. The number of non-ortho nitro benzene ring substituents is 1. The van der Waals surface area contributed by atoms with Crippen molar-refractivity contribution < 1.29 is 9.72 Å². The van der Waals surface area contributed by atoms with Gasteiger partial charge in [-0.2, -0.15) is 0 Å². The first kappa shape index (κ1) is 14.1. The van der Waals surface area contributed by atoms with Crippen molar-refractivity contribution in [1.29, 1.82) is 0 Å². The molecule has 18 heavy (non-hydrogen) atoms. The van der Waals surface area contributed by atoms with Gasteiger partial charge in [0.2, 0.25) is 5.91 Å². The fourth-order valence-electron chi connectivity index (χ4n) is 1.68. The Labute approximate surface area is 106 Å². The lowest BCUT2D eigenvalue weighted by Crippen LogP contribution is -2.34. The number of carbonyl (C=O) groups is 1. The van der Waals surface area contributed by atoms with Crippen LogP contribution in [0.5, 0.6) is 0 Å². The van der Waals surface area contributed by atoms with Gasteiger partial charge in [-0.3, -0.25) is 14.9 Å². The van der Waals surface area contributed by atoms with E-state index in [2.05, 4.69) is 10.6 Å². The van der Waals surface area contributed by atoms with E-state index in [1.165, 1.54) is 12.1 Å².